The van der Waals surface area contributed by atoms with E-state index in [0.29, 0.717) is 15.6 Å². The highest BCUT2D eigenvalue weighted by Crippen LogP contribution is 2.23. The van der Waals surface area contributed by atoms with Gasteiger partial charge in [0.2, 0.25) is 0 Å². The number of esters is 1. The molecule has 0 saturated carbocycles. The van der Waals surface area contributed by atoms with E-state index < -0.39 is 5.97 Å². The van der Waals surface area contributed by atoms with Crippen molar-refractivity contribution in [3.63, 3.8) is 0 Å². The number of benzene rings is 1. The van der Waals surface area contributed by atoms with Crippen LogP contribution in [0, 0.1) is 11.3 Å². The Morgan fingerprint density at radius 2 is 2.33 bits per heavy atom. The SMILES string of the molecule is COC(=O)c1c(Br)cc(C#N)cc1CO. The van der Waals surface area contributed by atoms with Crippen LogP contribution in [-0.4, -0.2) is 18.2 Å². The van der Waals surface area contributed by atoms with Gasteiger partial charge in [0.05, 0.1) is 30.9 Å². The Morgan fingerprint density at radius 3 is 2.80 bits per heavy atom. The van der Waals surface area contributed by atoms with Gasteiger partial charge in [-0.05, 0) is 33.6 Å². The number of carbonyl (C=O) groups excluding carboxylic acids is 1. The van der Waals surface area contributed by atoms with Gasteiger partial charge in [0.1, 0.15) is 0 Å². The normalized spacial score (nSPS) is 9.47. The van der Waals surface area contributed by atoms with Crippen LogP contribution < -0.4 is 0 Å². The Hall–Kier alpha value is -1.38. The maximum Gasteiger partial charge on any atom is 0.339 e. The Balaban J connectivity index is 3.39. The first kappa shape index (κ1) is 11.7. The fourth-order valence-electron chi connectivity index (χ4n) is 1.18. The number of hydrogen-bond donors (Lipinski definition) is 1. The van der Waals surface area contributed by atoms with Crippen LogP contribution in [0.5, 0.6) is 0 Å². The molecule has 0 aliphatic carbocycles. The van der Waals surface area contributed by atoms with Crippen molar-refractivity contribution in [3.05, 3.63) is 33.3 Å². The lowest BCUT2D eigenvalue weighted by Crippen LogP contribution is -2.07. The molecule has 78 valence electrons. The molecular formula is C10H8BrNO3. The van der Waals surface area contributed by atoms with Crippen molar-refractivity contribution >= 4 is 21.9 Å². The second kappa shape index (κ2) is 4.91. The van der Waals surface area contributed by atoms with Crippen LogP contribution in [0.15, 0.2) is 16.6 Å². The Morgan fingerprint density at radius 1 is 1.67 bits per heavy atom. The lowest BCUT2D eigenvalue weighted by atomic mass is 10.1. The third kappa shape index (κ3) is 2.35. The van der Waals surface area contributed by atoms with Crippen LogP contribution in [0.1, 0.15) is 21.5 Å². The molecule has 1 N–H and O–H groups in total. The molecule has 0 heterocycles. The molecule has 0 spiro atoms. The summed E-state index contributed by atoms with van der Waals surface area (Å²) in [5, 5.41) is 17.8. The molecule has 5 heteroatoms. The number of rotatable bonds is 2. The number of nitrogens with zero attached hydrogens (tertiary/aromatic N) is 1. The molecular weight excluding hydrogens is 262 g/mol. The molecule has 0 aromatic heterocycles. The largest absolute Gasteiger partial charge is 0.465 e. The summed E-state index contributed by atoms with van der Waals surface area (Å²) >= 11 is 3.16. The highest BCUT2D eigenvalue weighted by Gasteiger charge is 2.16. The Bertz CT molecular complexity index is 437. The van der Waals surface area contributed by atoms with Gasteiger partial charge in [-0.2, -0.15) is 5.26 Å². The van der Waals surface area contributed by atoms with Crippen molar-refractivity contribution in [2.24, 2.45) is 0 Å². The van der Waals surface area contributed by atoms with E-state index in [9.17, 15) is 4.79 Å². The zero-order valence-corrected chi connectivity index (χ0v) is 9.54. The molecule has 1 aromatic rings. The molecule has 0 radical (unpaired) electrons. The first-order valence-electron chi connectivity index (χ1n) is 4.05. The van der Waals surface area contributed by atoms with Gasteiger partial charge < -0.3 is 9.84 Å². The molecule has 0 saturated heterocycles. The smallest absolute Gasteiger partial charge is 0.339 e. The number of aliphatic hydroxyl groups is 1. The van der Waals surface area contributed by atoms with Gasteiger partial charge in [0, 0.05) is 4.47 Å². The van der Waals surface area contributed by atoms with Crippen LogP contribution in [0.25, 0.3) is 0 Å². The lowest BCUT2D eigenvalue weighted by molar-refractivity contribution is 0.0596. The van der Waals surface area contributed by atoms with E-state index >= 15 is 0 Å². The summed E-state index contributed by atoms with van der Waals surface area (Å²) in [6.07, 6.45) is 0. The van der Waals surface area contributed by atoms with Crippen molar-refractivity contribution in [2.75, 3.05) is 7.11 Å². The van der Waals surface area contributed by atoms with Crippen LogP contribution in [0.4, 0.5) is 0 Å². The number of ether oxygens (including phenoxy) is 1. The maximum absolute atomic E-state index is 11.4. The van der Waals surface area contributed by atoms with E-state index in [1.165, 1.54) is 19.2 Å². The molecule has 0 amide bonds. The molecule has 4 nitrogen and oxygen atoms in total. The lowest BCUT2D eigenvalue weighted by Gasteiger charge is -2.08. The number of aliphatic hydroxyl groups excluding tert-OH is 1. The zero-order chi connectivity index (χ0) is 11.4. The minimum absolute atomic E-state index is 0.249. The second-order valence-corrected chi connectivity index (χ2v) is 3.61. The third-order valence-electron chi connectivity index (χ3n) is 1.86. The summed E-state index contributed by atoms with van der Waals surface area (Å²) in [5.74, 6) is -0.546. The molecule has 0 aliphatic rings. The zero-order valence-electron chi connectivity index (χ0n) is 7.95. The van der Waals surface area contributed by atoms with Crippen molar-refractivity contribution in [1.82, 2.24) is 0 Å². The standard InChI is InChI=1S/C10H8BrNO3/c1-15-10(14)9-7(5-13)2-6(4-12)3-8(9)11/h2-3,13H,5H2,1H3. The number of hydrogen-bond acceptors (Lipinski definition) is 4. The molecule has 1 aromatic carbocycles. The van der Waals surface area contributed by atoms with Crippen molar-refractivity contribution < 1.29 is 14.6 Å². The summed E-state index contributed by atoms with van der Waals surface area (Å²) in [6.45, 7) is -0.321. The summed E-state index contributed by atoms with van der Waals surface area (Å²) in [7, 11) is 1.26. The topological polar surface area (TPSA) is 70.3 Å². The van der Waals surface area contributed by atoms with Gasteiger partial charge in [-0.25, -0.2) is 4.79 Å². The molecule has 15 heavy (non-hydrogen) atoms. The van der Waals surface area contributed by atoms with E-state index in [4.69, 9.17) is 10.4 Å². The van der Waals surface area contributed by atoms with Gasteiger partial charge >= 0.3 is 5.97 Å². The van der Waals surface area contributed by atoms with E-state index in [0.717, 1.165) is 0 Å². The summed E-state index contributed by atoms with van der Waals surface area (Å²) in [6, 6.07) is 4.89. The fraction of sp³-hybridized carbons (Fsp3) is 0.200. The highest BCUT2D eigenvalue weighted by atomic mass is 79.9. The quantitative estimate of drug-likeness (QED) is 0.828. The van der Waals surface area contributed by atoms with Gasteiger partial charge in [0.15, 0.2) is 0 Å². The maximum atomic E-state index is 11.4. The molecule has 0 aliphatic heterocycles. The fourth-order valence-corrected chi connectivity index (χ4v) is 1.85. The molecule has 0 fully saturated rings. The van der Waals surface area contributed by atoms with Crippen LogP contribution in [-0.2, 0) is 11.3 Å². The first-order chi connectivity index (χ1) is 7.13. The van der Waals surface area contributed by atoms with Crippen molar-refractivity contribution in [2.45, 2.75) is 6.61 Å². The van der Waals surface area contributed by atoms with Crippen molar-refractivity contribution in [3.8, 4) is 6.07 Å². The van der Waals surface area contributed by atoms with Gasteiger partial charge in [-0.3, -0.25) is 0 Å². The van der Waals surface area contributed by atoms with Crippen LogP contribution in [0.2, 0.25) is 0 Å². The van der Waals surface area contributed by atoms with Gasteiger partial charge in [-0.15, -0.1) is 0 Å². The van der Waals surface area contributed by atoms with Crippen LogP contribution in [0.3, 0.4) is 0 Å². The number of nitriles is 1. The van der Waals surface area contributed by atoms with E-state index in [1.807, 2.05) is 6.07 Å². The van der Waals surface area contributed by atoms with Gasteiger partial charge in [0.25, 0.3) is 0 Å². The highest BCUT2D eigenvalue weighted by molar-refractivity contribution is 9.10. The van der Waals surface area contributed by atoms with Crippen LogP contribution >= 0.6 is 15.9 Å². The predicted molar refractivity (Wildman–Crippen MR) is 56.1 cm³/mol. The second-order valence-electron chi connectivity index (χ2n) is 2.75. The average Bonchev–Trinajstić information content (AvgIpc) is 2.26. The summed E-state index contributed by atoms with van der Waals surface area (Å²) in [4.78, 5) is 11.4. The third-order valence-corrected chi connectivity index (χ3v) is 2.49. The number of halogens is 1. The Kier molecular flexibility index (Phi) is 3.83. The monoisotopic (exact) mass is 269 g/mol. The molecule has 1 rings (SSSR count). The van der Waals surface area contributed by atoms with E-state index in [-0.39, 0.29) is 12.2 Å². The predicted octanol–water partition coefficient (Wildman–Crippen LogP) is 1.60. The minimum atomic E-state index is -0.546. The molecule has 0 bridgehead atoms. The summed E-state index contributed by atoms with van der Waals surface area (Å²) < 4.78 is 5.01. The number of methoxy groups -OCH3 is 1. The number of carbonyl (C=O) groups is 1. The van der Waals surface area contributed by atoms with E-state index in [2.05, 4.69) is 20.7 Å². The van der Waals surface area contributed by atoms with Crippen molar-refractivity contribution in [1.29, 1.82) is 5.26 Å². The average molecular weight is 270 g/mol. The van der Waals surface area contributed by atoms with Gasteiger partial charge in [-0.1, -0.05) is 0 Å². The minimum Gasteiger partial charge on any atom is -0.465 e. The molecule has 0 unspecified atom stereocenters. The van der Waals surface area contributed by atoms with E-state index in [1.54, 1.807) is 0 Å². The molecule has 0 atom stereocenters. The Labute approximate surface area is 95.2 Å². The first-order valence-corrected chi connectivity index (χ1v) is 4.85. The summed E-state index contributed by atoms with van der Waals surface area (Å²) in [5.41, 5.74) is 0.991.